The van der Waals surface area contributed by atoms with Gasteiger partial charge in [0.1, 0.15) is 0 Å². The number of carbonyl (C=O) groups is 2. The molecule has 0 atom stereocenters. The van der Waals surface area contributed by atoms with E-state index in [4.69, 9.17) is 0 Å². The van der Waals surface area contributed by atoms with Crippen LogP contribution in [-0.2, 0) is 6.42 Å². The number of amides is 3. The molecule has 3 amide bonds. The van der Waals surface area contributed by atoms with Gasteiger partial charge in [-0.3, -0.25) is 4.79 Å². The third kappa shape index (κ3) is 6.19. The number of anilines is 1. The van der Waals surface area contributed by atoms with Gasteiger partial charge in [-0.05, 0) is 55.0 Å². The van der Waals surface area contributed by atoms with Gasteiger partial charge in [-0.2, -0.15) is 0 Å². The van der Waals surface area contributed by atoms with Gasteiger partial charge < -0.3 is 15.5 Å². The molecule has 1 aromatic heterocycles. The van der Waals surface area contributed by atoms with Crippen LogP contribution in [-0.4, -0.2) is 36.5 Å². The molecule has 26 heavy (non-hydrogen) atoms. The molecule has 0 saturated carbocycles. The minimum Gasteiger partial charge on any atom is -0.339 e. The Balaban J connectivity index is 1.83. The van der Waals surface area contributed by atoms with Gasteiger partial charge in [-0.25, -0.2) is 4.79 Å². The van der Waals surface area contributed by atoms with Gasteiger partial charge in [-0.1, -0.05) is 19.9 Å². The summed E-state index contributed by atoms with van der Waals surface area (Å²) in [5, 5.41) is 7.66. The van der Waals surface area contributed by atoms with Crippen LogP contribution in [0.5, 0.6) is 0 Å². The van der Waals surface area contributed by atoms with Crippen molar-refractivity contribution in [2.75, 3.05) is 25.0 Å². The number of rotatable bonds is 9. The van der Waals surface area contributed by atoms with Gasteiger partial charge in [0.25, 0.3) is 5.91 Å². The Hall–Kier alpha value is -2.34. The highest BCUT2D eigenvalue weighted by Crippen LogP contribution is 2.13. The quantitative estimate of drug-likeness (QED) is 0.685. The molecule has 6 heteroatoms. The van der Waals surface area contributed by atoms with Crippen LogP contribution in [0.25, 0.3) is 0 Å². The first-order chi connectivity index (χ1) is 12.6. The van der Waals surface area contributed by atoms with Crippen LogP contribution < -0.4 is 10.6 Å². The number of urea groups is 1. The van der Waals surface area contributed by atoms with Crippen molar-refractivity contribution in [1.29, 1.82) is 0 Å². The summed E-state index contributed by atoms with van der Waals surface area (Å²) >= 11 is 1.68. The van der Waals surface area contributed by atoms with Crippen LogP contribution in [0.3, 0.4) is 0 Å². The summed E-state index contributed by atoms with van der Waals surface area (Å²) < 4.78 is 0. The van der Waals surface area contributed by atoms with Crippen LogP contribution >= 0.6 is 11.3 Å². The molecule has 0 aliphatic rings. The number of thiophene rings is 1. The third-order valence-electron chi connectivity index (χ3n) is 3.90. The molecular weight excluding hydrogens is 346 g/mol. The number of carbonyl (C=O) groups excluding carboxylic acids is 2. The summed E-state index contributed by atoms with van der Waals surface area (Å²) in [5.74, 6) is 0.0423. The summed E-state index contributed by atoms with van der Waals surface area (Å²) in [4.78, 5) is 27.6. The Bertz CT molecular complexity index is 678. The Morgan fingerprint density at radius 3 is 2.31 bits per heavy atom. The van der Waals surface area contributed by atoms with Crippen molar-refractivity contribution in [2.45, 2.75) is 33.1 Å². The van der Waals surface area contributed by atoms with E-state index in [2.05, 4.69) is 30.5 Å². The summed E-state index contributed by atoms with van der Waals surface area (Å²) in [7, 11) is 0. The van der Waals surface area contributed by atoms with Crippen molar-refractivity contribution in [2.24, 2.45) is 0 Å². The molecule has 2 aromatic rings. The number of benzene rings is 1. The topological polar surface area (TPSA) is 61.4 Å². The standard InChI is InChI=1S/C20H27N3O2S/c1-3-13-23(14-4-2)19(24)16-7-9-17(10-8-16)22-20(25)21-12-11-18-6-5-15-26-18/h5-10,15H,3-4,11-14H2,1-2H3,(H2,21,22,25). The van der Waals surface area contributed by atoms with E-state index in [1.807, 2.05) is 16.3 Å². The molecule has 1 aromatic carbocycles. The SMILES string of the molecule is CCCN(CCC)C(=O)c1ccc(NC(=O)NCCc2cccs2)cc1. The highest BCUT2D eigenvalue weighted by atomic mass is 32.1. The fraction of sp³-hybridized carbons (Fsp3) is 0.400. The highest BCUT2D eigenvalue weighted by molar-refractivity contribution is 7.09. The van der Waals surface area contributed by atoms with E-state index >= 15 is 0 Å². The summed E-state index contributed by atoms with van der Waals surface area (Å²) in [6, 6.07) is 10.9. The Morgan fingerprint density at radius 1 is 1.04 bits per heavy atom. The second kappa shape index (κ2) is 10.6. The van der Waals surface area contributed by atoms with Crippen molar-refractivity contribution >= 4 is 29.0 Å². The predicted octanol–water partition coefficient (Wildman–Crippen LogP) is 4.37. The number of hydrogen-bond donors (Lipinski definition) is 2. The molecular formula is C20H27N3O2S. The van der Waals surface area contributed by atoms with Gasteiger partial charge >= 0.3 is 6.03 Å². The molecule has 0 saturated heterocycles. The monoisotopic (exact) mass is 373 g/mol. The summed E-state index contributed by atoms with van der Waals surface area (Å²) in [5.41, 5.74) is 1.32. The maximum absolute atomic E-state index is 12.5. The zero-order chi connectivity index (χ0) is 18.8. The highest BCUT2D eigenvalue weighted by Gasteiger charge is 2.14. The first-order valence-electron chi connectivity index (χ1n) is 9.10. The lowest BCUT2D eigenvalue weighted by molar-refractivity contribution is 0.0755. The summed E-state index contributed by atoms with van der Waals surface area (Å²) in [6.07, 6.45) is 2.71. The Morgan fingerprint density at radius 2 is 1.73 bits per heavy atom. The van der Waals surface area contributed by atoms with E-state index in [1.54, 1.807) is 35.6 Å². The van der Waals surface area contributed by atoms with Gasteiger partial charge in [0.05, 0.1) is 0 Å². The molecule has 0 unspecified atom stereocenters. The van der Waals surface area contributed by atoms with Gasteiger partial charge in [-0.15, -0.1) is 11.3 Å². The average molecular weight is 374 g/mol. The minimum absolute atomic E-state index is 0.0423. The zero-order valence-corrected chi connectivity index (χ0v) is 16.3. The van der Waals surface area contributed by atoms with E-state index in [0.717, 1.165) is 32.4 Å². The Kier molecular flexibility index (Phi) is 8.15. The van der Waals surface area contributed by atoms with Crippen LogP contribution in [0.15, 0.2) is 41.8 Å². The van der Waals surface area contributed by atoms with E-state index in [1.165, 1.54) is 4.88 Å². The molecule has 0 spiro atoms. The lowest BCUT2D eigenvalue weighted by Crippen LogP contribution is -2.32. The Labute approximate surface area is 159 Å². The molecule has 5 nitrogen and oxygen atoms in total. The number of nitrogens with zero attached hydrogens (tertiary/aromatic N) is 1. The maximum atomic E-state index is 12.5. The molecule has 0 aliphatic heterocycles. The van der Waals surface area contributed by atoms with Crippen molar-refractivity contribution in [3.63, 3.8) is 0 Å². The first kappa shape index (κ1) is 20.0. The number of nitrogens with one attached hydrogen (secondary N) is 2. The van der Waals surface area contributed by atoms with Gasteiger partial charge in [0, 0.05) is 35.8 Å². The molecule has 0 aliphatic carbocycles. The largest absolute Gasteiger partial charge is 0.339 e. The van der Waals surface area contributed by atoms with E-state index < -0.39 is 0 Å². The first-order valence-corrected chi connectivity index (χ1v) is 9.98. The van der Waals surface area contributed by atoms with Gasteiger partial charge in [0.2, 0.25) is 0 Å². The summed E-state index contributed by atoms with van der Waals surface area (Å²) in [6.45, 7) is 6.25. The predicted molar refractivity (Wildman–Crippen MR) is 108 cm³/mol. The molecule has 2 N–H and O–H groups in total. The molecule has 0 radical (unpaired) electrons. The van der Waals surface area contributed by atoms with Crippen LogP contribution in [0, 0.1) is 0 Å². The average Bonchev–Trinajstić information content (AvgIpc) is 3.15. The van der Waals surface area contributed by atoms with E-state index in [-0.39, 0.29) is 11.9 Å². The molecule has 1 heterocycles. The van der Waals surface area contributed by atoms with E-state index in [0.29, 0.717) is 17.8 Å². The molecule has 0 bridgehead atoms. The van der Waals surface area contributed by atoms with Crippen molar-refractivity contribution in [3.8, 4) is 0 Å². The lowest BCUT2D eigenvalue weighted by Gasteiger charge is -2.21. The molecule has 2 rings (SSSR count). The maximum Gasteiger partial charge on any atom is 0.319 e. The van der Waals surface area contributed by atoms with Crippen molar-refractivity contribution in [1.82, 2.24) is 10.2 Å². The van der Waals surface area contributed by atoms with Crippen LogP contribution in [0.1, 0.15) is 41.9 Å². The van der Waals surface area contributed by atoms with Crippen molar-refractivity contribution in [3.05, 3.63) is 52.2 Å². The third-order valence-corrected chi connectivity index (χ3v) is 4.84. The van der Waals surface area contributed by atoms with Crippen molar-refractivity contribution < 1.29 is 9.59 Å². The van der Waals surface area contributed by atoms with Crippen LogP contribution in [0.4, 0.5) is 10.5 Å². The van der Waals surface area contributed by atoms with Crippen LogP contribution in [0.2, 0.25) is 0 Å². The van der Waals surface area contributed by atoms with Gasteiger partial charge in [0.15, 0.2) is 0 Å². The molecule has 140 valence electrons. The second-order valence-electron chi connectivity index (χ2n) is 6.08. The second-order valence-corrected chi connectivity index (χ2v) is 7.11. The molecule has 0 fully saturated rings. The van der Waals surface area contributed by atoms with E-state index in [9.17, 15) is 9.59 Å². The minimum atomic E-state index is -0.237. The zero-order valence-electron chi connectivity index (χ0n) is 15.5. The normalized spacial score (nSPS) is 10.4. The fourth-order valence-corrected chi connectivity index (χ4v) is 3.37. The smallest absolute Gasteiger partial charge is 0.319 e. The fourth-order valence-electron chi connectivity index (χ4n) is 2.66. The number of hydrogen-bond acceptors (Lipinski definition) is 3. The lowest BCUT2D eigenvalue weighted by atomic mass is 10.1.